The normalized spacial score (nSPS) is 19.0. The molecule has 7 heteroatoms. The van der Waals surface area contributed by atoms with Gasteiger partial charge >= 0.3 is 0 Å². The summed E-state index contributed by atoms with van der Waals surface area (Å²) < 4.78 is 5.68. The average Bonchev–Trinajstić information content (AvgIpc) is 3.39. The molecular weight excluding hydrogens is 342 g/mol. The van der Waals surface area contributed by atoms with Crippen molar-refractivity contribution in [3.63, 3.8) is 0 Å². The van der Waals surface area contributed by atoms with Crippen molar-refractivity contribution < 1.29 is 9.21 Å². The molecule has 1 amide bonds. The number of amides is 1. The van der Waals surface area contributed by atoms with Gasteiger partial charge < -0.3 is 15.5 Å². The number of nitrogen functional groups attached to an aromatic ring is 1. The first-order chi connectivity index (χ1) is 13.2. The maximum atomic E-state index is 13.3. The Bertz CT molecular complexity index is 1240. The van der Waals surface area contributed by atoms with Gasteiger partial charge in [0, 0.05) is 11.1 Å². The fourth-order valence-corrected chi connectivity index (χ4v) is 4.32. The van der Waals surface area contributed by atoms with Crippen LogP contribution in [0.25, 0.3) is 22.6 Å². The molecule has 1 aliphatic heterocycles. The highest BCUT2D eigenvalue weighted by Gasteiger charge is 2.60. The minimum Gasteiger partial charge on any atom is -0.423 e. The van der Waals surface area contributed by atoms with E-state index in [1.54, 1.807) is 0 Å². The van der Waals surface area contributed by atoms with Gasteiger partial charge in [-0.15, -0.1) is 0 Å². The van der Waals surface area contributed by atoms with Crippen LogP contribution in [0, 0.1) is 0 Å². The molecule has 3 heterocycles. The molecule has 0 saturated heterocycles. The highest BCUT2D eigenvalue weighted by Crippen LogP contribution is 2.58. The van der Waals surface area contributed by atoms with E-state index in [1.807, 2.05) is 54.6 Å². The zero-order valence-electron chi connectivity index (χ0n) is 14.0. The molecular formula is C20H13N5O2. The lowest BCUT2D eigenvalue weighted by molar-refractivity contribution is -0.118. The molecule has 4 N–H and O–H groups in total. The van der Waals surface area contributed by atoms with Crippen molar-refractivity contribution in [1.82, 2.24) is 15.2 Å². The first-order valence-corrected chi connectivity index (χ1v) is 8.53. The van der Waals surface area contributed by atoms with Crippen molar-refractivity contribution in [1.29, 1.82) is 0 Å². The second-order valence-corrected chi connectivity index (χ2v) is 6.67. The number of rotatable bonds is 1. The third kappa shape index (κ3) is 1.55. The topological polar surface area (TPSA) is 110 Å². The molecule has 1 spiro atoms. The van der Waals surface area contributed by atoms with Crippen molar-refractivity contribution in [2.24, 2.45) is 0 Å². The number of hydrogen-bond acceptors (Lipinski definition) is 5. The molecule has 4 aromatic rings. The van der Waals surface area contributed by atoms with Crippen LogP contribution in [0.3, 0.4) is 0 Å². The van der Waals surface area contributed by atoms with Gasteiger partial charge in [-0.25, -0.2) is 0 Å². The van der Waals surface area contributed by atoms with E-state index in [0.29, 0.717) is 17.3 Å². The number of nitrogens with zero attached hydrogens (tertiary/aromatic N) is 2. The number of hydrogen-bond donors (Lipinski definition) is 3. The minimum atomic E-state index is -1.14. The standard InChI is InChI=1S/C20H13N5O2/c21-19-22-16-15(27-19)11-8-4-5-9-12(11)20(16)13-14(10-6-2-1-3-7-10)24-25-17(13)23-18(20)26/h1-9H,(H2,21,22)(H2,23,24,25,26). The van der Waals surface area contributed by atoms with Crippen LogP contribution < -0.4 is 11.1 Å². The van der Waals surface area contributed by atoms with E-state index in [0.717, 1.165) is 27.9 Å². The van der Waals surface area contributed by atoms with Gasteiger partial charge in [-0.1, -0.05) is 54.6 Å². The summed E-state index contributed by atoms with van der Waals surface area (Å²) in [7, 11) is 0. The number of aromatic amines is 1. The number of oxazole rings is 1. The summed E-state index contributed by atoms with van der Waals surface area (Å²) >= 11 is 0. The molecule has 2 aromatic carbocycles. The van der Waals surface area contributed by atoms with Crippen LogP contribution in [0.4, 0.5) is 11.8 Å². The number of nitrogens with two attached hydrogens (primary N) is 1. The molecule has 1 atom stereocenters. The molecule has 1 aliphatic carbocycles. The maximum Gasteiger partial charge on any atom is 0.292 e. The van der Waals surface area contributed by atoms with Crippen LogP contribution >= 0.6 is 0 Å². The van der Waals surface area contributed by atoms with Gasteiger partial charge in [0.2, 0.25) is 5.91 Å². The molecule has 1 unspecified atom stereocenters. The van der Waals surface area contributed by atoms with Crippen LogP contribution in [0.5, 0.6) is 0 Å². The van der Waals surface area contributed by atoms with Crippen molar-refractivity contribution in [2.75, 3.05) is 11.1 Å². The molecule has 2 aliphatic rings. The molecule has 0 bridgehead atoms. The Hall–Kier alpha value is -3.87. The molecule has 130 valence electrons. The fraction of sp³-hybridized carbons (Fsp3) is 0.0500. The number of fused-ring (bicyclic) bond motifs is 7. The van der Waals surface area contributed by atoms with Gasteiger partial charge in [0.05, 0.1) is 5.69 Å². The Morgan fingerprint density at radius 2 is 1.81 bits per heavy atom. The third-order valence-electron chi connectivity index (χ3n) is 5.35. The summed E-state index contributed by atoms with van der Waals surface area (Å²) in [5.41, 5.74) is 9.32. The van der Waals surface area contributed by atoms with Crippen molar-refractivity contribution in [2.45, 2.75) is 5.41 Å². The smallest absolute Gasteiger partial charge is 0.292 e. The van der Waals surface area contributed by atoms with Crippen LogP contribution in [0.2, 0.25) is 0 Å². The largest absolute Gasteiger partial charge is 0.423 e. The highest BCUT2D eigenvalue weighted by molar-refractivity contribution is 6.15. The lowest BCUT2D eigenvalue weighted by Crippen LogP contribution is -2.36. The Balaban J connectivity index is 1.75. The monoisotopic (exact) mass is 355 g/mol. The third-order valence-corrected chi connectivity index (χ3v) is 5.35. The second kappa shape index (κ2) is 4.64. The number of carbonyl (C=O) groups is 1. The van der Waals surface area contributed by atoms with E-state index in [1.165, 1.54) is 0 Å². The quantitative estimate of drug-likeness (QED) is 0.486. The Labute approximate surface area is 153 Å². The van der Waals surface area contributed by atoms with Gasteiger partial charge in [-0.3, -0.25) is 9.89 Å². The van der Waals surface area contributed by atoms with Crippen molar-refractivity contribution in [3.05, 3.63) is 71.4 Å². The molecule has 0 radical (unpaired) electrons. The Morgan fingerprint density at radius 3 is 2.67 bits per heavy atom. The summed E-state index contributed by atoms with van der Waals surface area (Å²) in [6.07, 6.45) is 0. The molecule has 0 saturated carbocycles. The lowest BCUT2D eigenvalue weighted by atomic mass is 9.75. The predicted octanol–water partition coefficient (Wildman–Crippen LogP) is 2.91. The van der Waals surface area contributed by atoms with Gasteiger partial charge in [-0.05, 0) is 11.1 Å². The van der Waals surface area contributed by atoms with E-state index in [2.05, 4.69) is 20.5 Å². The summed E-state index contributed by atoms with van der Waals surface area (Å²) in [5, 5.41) is 10.3. The molecule has 6 rings (SSSR count). The van der Waals surface area contributed by atoms with Crippen molar-refractivity contribution in [3.8, 4) is 22.6 Å². The van der Waals surface area contributed by atoms with Crippen molar-refractivity contribution >= 4 is 17.7 Å². The summed E-state index contributed by atoms with van der Waals surface area (Å²) in [4.78, 5) is 17.8. The Kier molecular flexibility index (Phi) is 2.46. The van der Waals surface area contributed by atoms with E-state index >= 15 is 0 Å². The van der Waals surface area contributed by atoms with Gasteiger partial charge in [-0.2, -0.15) is 10.1 Å². The first kappa shape index (κ1) is 14.3. The number of nitrogens with one attached hydrogen (secondary N) is 2. The maximum absolute atomic E-state index is 13.3. The Morgan fingerprint density at radius 1 is 1.04 bits per heavy atom. The van der Waals surface area contributed by atoms with E-state index in [4.69, 9.17) is 10.2 Å². The van der Waals surface area contributed by atoms with E-state index in [-0.39, 0.29) is 11.9 Å². The number of carbonyl (C=O) groups excluding carboxylic acids is 1. The summed E-state index contributed by atoms with van der Waals surface area (Å²) in [6.45, 7) is 0. The molecule has 0 fully saturated rings. The number of aromatic nitrogens is 3. The average molecular weight is 355 g/mol. The highest BCUT2D eigenvalue weighted by atomic mass is 16.4. The van der Waals surface area contributed by atoms with Crippen LogP contribution in [-0.4, -0.2) is 21.1 Å². The predicted molar refractivity (Wildman–Crippen MR) is 98.9 cm³/mol. The van der Waals surface area contributed by atoms with E-state index < -0.39 is 5.41 Å². The van der Waals surface area contributed by atoms with Gasteiger partial charge in [0.25, 0.3) is 6.01 Å². The van der Waals surface area contributed by atoms with Crippen LogP contribution in [0.1, 0.15) is 16.8 Å². The molecule has 27 heavy (non-hydrogen) atoms. The van der Waals surface area contributed by atoms with Crippen LogP contribution in [0.15, 0.2) is 59.0 Å². The molecule has 2 aromatic heterocycles. The van der Waals surface area contributed by atoms with Gasteiger partial charge in [0.1, 0.15) is 5.69 Å². The summed E-state index contributed by atoms with van der Waals surface area (Å²) in [5.74, 6) is 0.833. The lowest BCUT2D eigenvalue weighted by Gasteiger charge is -2.23. The first-order valence-electron chi connectivity index (χ1n) is 8.53. The second-order valence-electron chi connectivity index (χ2n) is 6.67. The molecule has 7 nitrogen and oxygen atoms in total. The zero-order valence-corrected chi connectivity index (χ0v) is 14.0. The fourth-order valence-electron chi connectivity index (χ4n) is 4.32. The number of anilines is 2. The number of benzene rings is 2. The summed E-state index contributed by atoms with van der Waals surface area (Å²) in [6, 6.07) is 17.5. The SMILES string of the molecule is Nc1nc2c(o1)-c1ccccc1C21C(=O)Nc2n[nH]c(-c3ccccc3)c21. The van der Waals surface area contributed by atoms with E-state index in [9.17, 15) is 4.79 Å². The van der Waals surface area contributed by atoms with Crippen LogP contribution in [-0.2, 0) is 10.2 Å². The minimum absolute atomic E-state index is 0.0416. The zero-order chi connectivity index (χ0) is 18.2. The van der Waals surface area contributed by atoms with Gasteiger partial charge in [0.15, 0.2) is 17.0 Å². The number of H-pyrrole nitrogens is 1.